The van der Waals surface area contributed by atoms with E-state index >= 15 is 0 Å². The van der Waals surface area contributed by atoms with Crippen molar-refractivity contribution < 1.29 is 4.39 Å². The number of piperidine rings is 1. The quantitative estimate of drug-likeness (QED) is 0.850. The van der Waals surface area contributed by atoms with E-state index in [9.17, 15) is 4.39 Å². The van der Waals surface area contributed by atoms with Crippen molar-refractivity contribution in [1.29, 1.82) is 5.26 Å². The van der Waals surface area contributed by atoms with E-state index in [1.807, 2.05) is 6.07 Å². The Labute approximate surface area is 101 Å². The van der Waals surface area contributed by atoms with Gasteiger partial charge >= 0.3 is 0 Å². The number of nitriles is 1. The van der Waals surface area contributed by atoms with Gasteiger partial charge in [0.25, 0.3) is 0 Å². The number of hydrogen-bond donors (Lipinski definition) is 1. The summed E-state index contributed by atoms with van der Waals surface area (Å²) in [7, 11) is 0. The van der Waals surface area contributed by atoms with Crippen LogP contribution in [0.15, 0.2) is 18.2 Å². The Morgan fingerprint density at radius 3 is 2.94 bits per heavy atom. The molecule has 1 aromatic rings. The third-order valence-corrected chi connectivity index (χ3v) is 3.24. The number of hydrogen-bond acceptors (Lipinski definition) is 3. The van der Waals surface area contributed by atoms with Gasteiger partial charge in [0.15, 0.2) is 0 Å². The second-order valence-electron chi connectivity index (χ2n) is 4.39. The minimum Gasteiger partial charge on any atom is -0.367 e. The summed E-state index contributed by atoms with van der Waals surface area (Å²) in [5.74, 6) is -0.361. The van der Waals surface area contributed by atoms with Crippen LogP contribution in [-0.4, -0.2) is 19.1 Å². The van der Waals surface area contributed by atoms with Gasteiger partial charge in [0, 0.05) is 24.8 Å². The Balaban J connectivity index is 2.31. The van der Waals surface area contributed by atoms with Gasteiger partial charge in [-0.15, -0.1) is 0 Å². The van der Waals surface area contributed by atoms with Gasteiger partial charge in [0.1, 0.15) is 5.82 Å². The highest BCUT2D eigenvalue weighted by Gasteiger charge is 2.21. The number of nitrogens with two attached hydrogens (primary N) is 1. The number of rotatable bonds is 2. The summed E-state index contributed by atoms with van der Waals surface area (Å²) in [6.07, 6.45) is 3.29. The maximum absolute atomic E-state index is 13.4. The molecule has 3 nitrogen and oxygen atoms in total. The molecule has 0 saturated carbocycles. The second kappa shape index (κ2) is 5.15. The monoisotopic (exact) mass is 233 g/mol. The Kier molecular flexibility index (Phi) is 3.60. The van der Waals surface area contributed by atoms with E-state index in [1.165, 1.54) is 18.6 Å². The van der Waals surface area contributed by atoms with Gasteiger partial charge < -0.3 is 10.6 Å². The van der Waals surface area contributed by atoms with Crippen LogP contribution in [0.4, 0.5) is 10.1 Å². The molecule has 1 saturated heterocycles. The molecular weight excluding hydrogens is 217 g/mol. The minimum absolute atomic E-state index is 0.261. The van der Waals surface area contributed by atoms with Crippen LogP contribution in [0.1, 0.15) is 24.8 Å². The Hall–Kier alpha value is -1.60. The van der Waals surface area contributed by atoms with Gasteiger partial charge in [-0.1, -0.05) is 0 Å². The molecule has 0 spiro atoms. The Bertz CT molecular complexity index is 439. The molecule has 1 aromatic carbocycles. The lowest BCUT2D eigenvalue weighted by Gasteiger charge is -2.37. The summed E-state index contributed by atoms with van der Waals surface area (Å²) in [6.45, 7) is 1.45. The summed E-state index contributed by atoms with van der Waals surface area (Å²) in [6, 6.07) is 6.71. The second-order valence-corrected chi connectivity index (χ2v) is 4.39. The smallest absolute Gasteiger partial charge is 0.126 e. The molecule has 2 rings (SSSR count). The maximum Gasteiger partial charge on any atom is 0.126 e. The fourth-order valence-corrected chi connectivity index (χ4v) is 2.39. The lowest BCUT2D eigenvalue weighted by molar-refractivity contribution is 0.464. The predicted molar refractivity (Wildman–Crippen MR) is 65.2 cm³/mol. The van der Waals surface area contributed by atoms with Gasteiger partial charge in [-0.05, 0) is 37.5 Å². The Morgan fingerprint density at radius 1 is 1.41 bits per heavy atom. The zero-order valence-corrected chi connectivity index (χ0v) is 9.69. The largest absolute Gasteiger partial charge is 0.367 e. The van der Waals surface area contributed by atoms with Gasteiger partial charge in [0.2, 0.25) is 0 Å². The first-order valence-corrected chi connectivity index (χ1v) is 5.92. The summed E-state index contributed by atoms with van der Waals surface area (Å²) >= 11 is 0. The fourth-order valence-electron chi connectivity index (χ4n) is 2.39. The molecule has 1 fully saturated rings. The van der Waals surface area contributed by atoms with Crippen LogP contribution < -0.4 is 10.6 Å². The summed E-state index contributed by atoms with van der Waals surface area (Å²) in [4.78, 5) is 2.12. The minimum atomic E-state index is -0.361. The van der Waals surface area contributed by atoms with Crippen molar-refractivity contribution in [2.24, 2.45) is 5.73 Å². The highest BCUT2D eigenvalue weighted by atomic mass is 19.1. The third kappa shape index (κ3) is 2.56. The average molecular weight is 233 g/mol. The van der Waals surface area contributed by atoms with Crippen LogP contribution in [0, 0.1) is 17.1 Å². The molecule has 2 N–H and O–H groups in total. The zero-order chi connectivity index (χ0) is 12.3. The van der Waals surface area contributed by atoms with Gasteiger partial charge in [-0.25, -0.2) is 4.39 Å². The van der Waals surface area contributed by atoms with E-state index in [0.29, 0.717) is 12.1 Å². The number of benzene rings is 1. The number of anilines is 1. The van der Waals surface area contributed by atoms with Crippen LogP contribution in [0.2, 0.25) is 0 Å². The van der Waals surface area contributed by atoms with Crippen molar-refractivity contribution in [3.63, 3.8) is 0 Å². The van der Waals surface area contributed by atoms with E-state index in [1.54, 1.807) is 6.07 Å². The highest BCUT2D eigenvalue weighted by molar-refractivity contribution is 5.53. The van der Waals surface area contributed by atoms with Crippen molar-refractivity contribution in [1.82, 2.24) is 0 Å². The van der Waals surface area contributed by atoms with E-state index in [2.05, 4.69) is 4.90 Å². The molecule has 1 aliphatic rings. The predicted octanol–water partition coefficient (Wildman–Crippen LogP) is 2.01. The van der Waals surface area contributed by atoms with Crippen LogP contribution >= 0.6 is 0 Å². The van der Waals surface area contributed by atoms with Gasteiger partial charge in [-0.3, -0.25) is 0 Å². The van der Waals surface area contributed by atoms with Crippen molar-refractivity contribution in [3.8, 4) is 6.07 Å². The summed E-state index contributed by atoms with van der Waals surface area (Å²) < 4.78 is 13.4. The number of halogens is 1. The molecule has 1 heterocycles. The molecule has 4 heteroatoms. The van der Waals surface area contributed by atoms with Gasteiger partial charge in [0.05, 0.1) is 11.6 Å². The van der Waals surface area contributed by atoms with Crippen molar-refractivity contribution in [3.05, 3.63) is 29.6 Å². The van der Waals surface area contributed by atoms with Crippen molar-refractivity contribution in [2.75, 3.05) is 18.0 Å². The maximum atomic E-state index is 13.4. The summed E-state index contributed by atoms with van der Waals surface area (Å²) in [5.41, 5.74) is 6.88. The molecule has 0 bridgehead atoms. The van der Waals surface area contributed by atoms with Crippen molar-refractivity contribution >= 4 is 5.69 Å². The van der Waals surface area contributed by atoms with Crippen LogP contribution in [0.3, 0.4) is 0 Å². The lowest BCUT2D eigenvalue weighted by Crippen LogP contribution is -2.44. The molecule has 1 aliphatic heterocycles. The SMILES string of the molecule is N#Cc1cc(F)cc(N2CCCCC2CN)c1. The molecule has 90 valence electrons. The third-order valence-electron chi connectivity index (χ3n) is 3.24. The van der Waals surface area contributed by atoms with E-state index in [-0.39, 0.29) is 11.9 Å². The highest BCUT2D eigenvalue weighted by Crippen LogP contribution is 2.26. The van der Waals surface area contributed by atoms with Crippen LogP contribution in [0.25, 0.3) is 0 Å². The molecular formula is C13H16FN3. The first-order chi connectivity index (χ1) is 8.24. The van der Waals surface area contributed by atoms with Gasteiger partial charge in [-0.2, -0.15) is 5.26 Å². The molecule has 1 atom stereocenters. The van der Waals surface area contributed by atoms with Crippen LogP contribution in [-0.2, 0) is 0 Å². The molecule has 0 aromatic heterocycles. The molecule has 0 aliphatic carbocycles. The zero-order valence-electron chi connectivity index (χ0n) is 9.69. The molecule has 1 unspecified atom stereocenters. The fraction of sp³-hybridized carbons (Fsp3) is 0.462. The molecule has 0 amide bonds. The molecule has 17 heavy (non-hydrogen) atoms. The van der Waals surface area contributed by atoms with E-state index < -0.39 is 0 Å². The number of nitrogens with zero attached hydrogens (tertiary/aromatic N) is 2. The summed E-state index contributed by atoms with van der Waals surface area (Å²) in [5, 5.41) is 8.85. The average Bonchev–Trinajstić information content (AvgIpc) is 2.37. The normalized spacial score (nSPS) is 20.1. The van der Waals surface area contributed by atoms with E-state index in [4.69, 9.17) is 11.0 Å². The Morgan fingerprint density at radius 2 is 2.24 bits per heavy atom. The van der Waals surface area contributed by atoms with E-state index in [0.717, 1.165) is 25.1 Å². The molecule has 0 radical (unpaired) electrons. The van der Waals surface area contributed by atoms with Crippen LogP contribution in [0.5, 0.6) is 0 Å². The standard InChI is InChI=1S/C13H16FN3/c14-11-5-10(8-15)6-13(7-11)17-4-2-1-3-12(17)9-16/h5-7,12H,1-4,9,16H2. The topological polar surface area (TPSA) is 53.0 Å². The first-order valence-electron chi connectivity index (χ1n) is 5.92. The first kappa shape index (κ1) is 11.9. The van der Waals surface area contributed by atoms with Crippen molar-refractivity contribution in [2.45, 2.75) is 25.3 Å². The lowest BCUT2D eigenvalue weighted by atomic mass is 10.0.